The van der Waals surface area contributed by atoms with Crippen LogP contribution in [0, 0.1) is 32.0 Å². The number of aromatic nitrogens is 1. The van der Waals surface area contributed by atoms with E-state index in [9.17, 15) is 9.18 Å². The van der Waals surface area contributed by atoms with Crippen molar-refractivity contribution in [3.8, 4) is 5.69 Å². The maximum absolute atomic E-state index is 13.3. The van der Waals surface area contributed by atoms with Gasteiger partial charge in [-0.3, -0.25) is 10.2 Å². The SMILES string of the molecule is Cc1ccc(-n2c(C)cc(C=C3C(=N)N4N=C(c5ccc(F)cc5)SC4=NC3=O)c2C)cc1Cl. The number of carbonyl (C=O) groups is 1. The Morgan fingerprint density at radius 3 is 2.53 bits per heavy atom. The van der Waals surface area contributed by atoms with Crippen molar-refractivity contribution in [1.29, 1.82) is 5.41 Å². The number of benzene rings is 2. The van der Waals surface area contributed by atoms with Crippen molar-refractivity contribution in [1.82, 2.24) is 9.58 Å². The molecule has 2 aliphatic heterocycles. The summed E-state index contributed by atoms with van der Waals surface area (Å²) in [5.41, 5.74) is 5.43. The molecule has 6 nitrogen and oxygen atoms in total. The third kappa shape index (κ3) is 3.78. The van der Waals surface area contributed by atoms with Crippen LogP contribution in [-0.4, -0.2) is 31.5 Å². The zero-order valence-electron chi connectivity index (χ0n) is 18.6. The minimum absolute atomic E-state index is 0.0530. The Labute approximate surface area is 205 Å². The molecule has 0 aliphatic carbocycles. The molecule has 2 aliphatic rings. The van der Waals surface area contributed by atoms with E-state index in [4.69, 9.17) is 17.0 Å². The number of thioether (sulfide) groups is 1. The average Bonchev–Trinajstić information content (AvgIpc) is 3.34. The van der Waals surface area contributed by atoms with E-state index in [0.717, 1.165) is 28.2 Å². The Hall–Kier alpha value is -3.49. The van der Waals surface area contributed by atoms with Crippen LogP contribution in [0.1, 0.15) is 28.1 Å². The van der Waals surface area contributed by atoms with Crippen molar-refractivity contribution in [2.45, 2.75) is 20.8 Å². The molecule has 34 heavy (non-hydrogen) atoms. The lowest BCUT2D eigenvalue weighted by Crippen LogP contribution is -2.35. The first kappa shape index (κ1) is 22.3. The fourth-order valence-corrected chi connectivity index (χ4v) is 4.98. The van der Waals surface area contributed by atoms with Gasteiger partial charge in [0.05, 0.1) is 5.57 Å². The van der Waals surface area contributed by atoms with E-state index >= 15 is 0 Å². The highest BCUT2D eigenvalue weighted by Gasteiger charge is 2.36. The lowest BCUT2D eigenvalue weighted by Gasteiger charge is -2.20. The average molecular weight is 492 g/mol. The molecule has 0 unspecified atom stereocenters. The maximum atomic E-state index is 13.3. The number of aryl methyl sites for hydroxylation is 2. The standard InChI is InChI=1S/C25H19ClFN5OS/c1-13-4-9-19(12-21(13)26)31-14(2)10-17(15(31)3)11-20-22(28)32-25(29-23(20)33)34-24(30-32)16-5-7-18(27)8-6-16/h4-12,28H,1-3H3. The maximum Gasteiger partial charge on any atom is 0.283 e. The van der Waals surface area contributed by atoms with E-state index in [0.29, 0.717) is 20.8 Å². The summed E-state index contributed by atoms with van der Waals surface area (Å²) in [7, 11) is 0. The molecule has 5 rings (SSSR count). The second-order valence-electron chi connectivity index (χ2n) is 8.03. The number of hydrazone groups is 1. The molecule has 1 amide bonds. The molecule has 3 heterocycles. The highest BCUT2D eigenvalue weighted by molar-refractivity contribution is 8.27. The van der Waals surface area contributed by atoms with Crippen LogP contribution in [0.15, 0.2) is 64.2 Å². The van der Waals surface area contributed by atoms with Crippen LogP contribution in [0.5, 0.6) is 0 Å². The number of amides is 1. The third-order valence-electron chi connectivity index (χ3n) is 5.73. The first-order chi connectivity index (χ1) is 16.2. The number of nitrogens with zero attached hydrogens (tertiary/aromatic N) is 4. The van der Waals surface area contributed by atoms with E-state index in [2.05, 4.69) is 14.7 Å². The second kappa shape index (κ2) is 8.38. The molecule has 2 aromatic carbocycles. The zero-order chi connectivity index (χ0) is 24.1. The van der Waals surface area contributed by atoms with E-state index in [1.54, 1.807) is 18.2 Å². The van der Waals surface area contributed by atoms with E-state index in [-0.39, 0.29) is 17.2 Å². The minimum Gasteiger partial charge on any atom is -0.318 e. The smallest absolute Gasteiger partial charge is 0.283 e. The predicted octanol–water partition coefficient (Wildman–Crippen LogP) is 5.86. The fraction of sp³-hybridized carbons (Fsp3) is 0.120. The molecule has 1 aromatic heterocycles. The van der Waals surface area contributed by atoms with Gasteiger partial charge in [0.25, 0.3) is 5.91 Å². The van der Waals surface area contributed by atoms with Crippen LogP contribution in [0.3, 0.4) is 0 Å². The fourth-order valence-electron chi connectivity index (χ4n) is 3.91. The summed E-state index contributed by atoms with van der Waals surface area (Å²) in [4.78, 5) is 17.0. The number of hydrogen-bond acceptors (Lipinski definition) is 4. The molecule has 0 fully saturated rings. The van der Waals surface area contributed by atoms with Crippen LogP contribution >= 0.6 is 23.4 Å². The van der Waals surface area contributed by atoms with E-state index < -0.39 is 5.91 Å². The largest absolute Gasteiger partial charge is 0.318 e. The lowest BCUT2D eigenvalue weighted by molar-refractivity contribution is -0.114. The monoisotopic (exact) mass is 491 g/mol. The number of carbonyl (C=O) groups excluding carboxylic acids is 1. The molecular weight excluding hydrogens is 473 g/mol. The second-order valence-corrected chi connectivity index (χ2v) is 9.39. The van der Waals surface area contributed by atoms with Gasteiger partial charge in [-0.05, 0) is 92.2 Å². The summed E-state index contributed by atoms with van der Waals surface area (Å²) in [6.45, 7) is 5.88. The molecule has 0 saturated heterocycles. The molecule has 0 bridgehead atoms. The van der Waals surface area contributed by atoms with Crippen molar-refractivity contribution in [2.75, 3.05) is 0 Å². The Balaban J connectivity index is 1.51. The lowest BCUT2D eigenvalue weighted by atomic mass is 10.1. The summed E-state index contributed by atoms with van der Waals surface area (Å²) in [5.74, 6) is -0.897. The number of amidine groups is 2. The Morgan fingerprint density at radius 1 is 1.09 bits per heavy atom. The summed E-state index contributed by atoms with van der Waals surface area (Å²) < 4.78 is 15.3. The first-order valence-electron chi connectivity index (χ1n) is 10.4. The van der Waals surface area contributed by atoms with Crippen molar-refractivity contribution in [3.63, 3.8) is 0 Å². The van der Waals surface area contributed by atoms with E-state index in [1.165, 1.54) is 28.9 Å². The number of halogens is 2. The van der Waals surface area contributed by atoms with Gasteiger partial charge >= 0.3 is 0 Å². The molecule has 0 saturated carbocycles. The summed E-state index contributed by atoms with van der Waals surface area (Å²) in [6, 6.07) is 13.7. The molecule has 9 heteroatoms. The Kier molecular flexibility index (Phi) is 5.50. The molecule has 0 atom stereocenters. The summed E-state index contributed by atoms with van der Waals surface area (Å²) in [6.07, 6.45) is 1.68. The number of aliphatic imine (C=N–C) groups is 1. The molecule has 1 N–H and O–H groups in total. The van der Waals surface area contributed by atoms with E-state index in [1.807, 2.05) is 45.0 Å². The Morgan fingerprint density at radius 2 is 1.82 bits per heavy atom. The van der Waals surface area contributed by atoms with Crippen LogP contribution in [-0.2, 0) is 4.79 Å². The van der Waals surface area contributed by atoms with Gasteiger partial charge in [0.1, 0.15) is 10.9 Å². The van der Waals surface area contributed by atoms with Crippen LogP contribution in [0.4, 0.5) is 4.39 Å². The van der Waals surface area contributed by atoms with Gasteiger partial charge in [-0.1, -0.05) is 17.7 Å². The topological polar surface area (TPSA) is 73.8 Å². The van der Waals surface area contributed by atoms with Crippen molar-refractivity contribution < 1.29 is 9.18 Å². The Bertz CT molecular complexity index is 1470. The summed E-state index contributed by atoms with van der Waals surface area (Å²) in [5, 5.41) is 16.0. The van der Waals surface area contributed by atoms with Crippen LogP contribution in [0.2, 0.25) is 5.02 Å². The number of hydrogen-bond donors (Lipinski definition) is 1. The van der Waals surface area contributed by atoms with Crippen LogP contribution in [0.25, 0.3) is 11.8 Å². The normalized spacial score (nSPS) is 16.7. The zero-order valence-corrected chi connectivity index (χ0v) is 20.1. The molecule has 3 aromatic rings. The third-order valence-corrected chi connectivity index (χ3v) is 7.09. The first-order valence-corrected chi connectivity index (χ1v) is 11.6. The van der Waals surface area contributed by atoms with Gasteiger partial charge in [-0.2, -0.15) is 15.1 Å². The van der Waals surface area contributed by atoms with Gasteiger partial charge in [0.15, 0.2) is 5.84 Å². The number of rotatable bonds is 3. The van der Waals surface area contributed by atoms with Gasteiger partial charge in [0.2, 0.25) is 5.17 Å². The molecule has 170 valence electrons. The minimum atomic E-state index is -0.498. The summed E-state index contributed by atoms with van der Waals surface area (Å²) >= 11 is 7.51. The molecule has 0 radical (unpaired) electrons. The molecular formula is C25H19ClFN5OS. The van der Waals surface area contributed by atoms with Gasteiger partial charge < -0.3 is 4.57 Å². The number of nitrogens with one attached hydrogen (secondary N) is 1. The number of fused-ring (bicyclic) bond motifs is 1. The van der Waals surface area contributed by atoms with Crippen molar-refractivity contribution in [2.24, 2.45) is 10.1 Å². The molecule has 0 spiro atoms. The van der Waals surface area contributed by atoms with Crippen molar-refractivity contribution in [3.05, 3.63) is 93.0 Å². The predicted molar refractivity (Wildman–Crippen MR) is 136 cm³/mol. The van der Waals surface area contributed by atoms with Crippen LogP contribution < -0.4 is 0 Å². The van der Waals surface area contributed by atoms with Crippen molar-refractivity contribution >= 4 is 51.4 Å². The highest BCUT2D eigenvalue weighted by atomic mass is 35.5. The van der Waals surface area contributed by atoms with Gasteiger partial charge in [-0.15, -0.1) is 0 Å². The highest BCUT2D eigenvalue weighted by Crippen LogP contribution is 2.32. The van der Waals surface area contributed by atoms with Gasteiger partial charge in [-0.25, -0.2) is 4.39 Å². The quantitative estimate of drug-likeness (QED) is 0.466. The van der Waals surface area contributed by atoms with Gasteiger partial charge in [0, 0.05) is 27.7 Å².